The number of nitro benzene ring substituents is 1. The van der Waals surface area contributed by atoms with Gasteiger partial charge in [-0.25, -0.2) is 0 Å². The number of benzene rings is 1. The van der Waals surface area contributed by atoms with E-state index >= 15 is 0 Å². The molecular weight excluding hydrogens is 343 g/mol. The third-order valence-corrected chi connectivity index (χ3v) is 4.16. The van der Waals surface area contributed by atoms with Crippen LogP contribution in [0.3, 0.4) is 0 Å². The van der Waals surface area contributed by atoms with Crippen LogP contribution in [0.4, 0.5) is 18.9 Å². The molecule has 7 nitrogen and oxygen atoms in total. The van der Waals surface area contributed by atoms with Crippen LogP contribution in [0.2, 0.25) is 0 Å². The van der Waals surface area contributed by atoms with Gasteiger partial charge < -0.3 is 5.11 Å². The van der Waals surface area contributed by atoms with Gasteiger partial charge in [-0.1, -0.05) is 13.8 Å². The van der Waals surface area contributed by atoms with Crippen LogP contribution in [0, 0.1) is 16.0 Å². The van der Waals surface area contributed by atoms with Gasteiger partial charge in [-0.3, -0.25) is 14.9 Å². The Hall–Kier alpha value is -2.49. The molecular formula is C15H16F3N3O4. The number of amides is 1. The summed E-state index contributed by atoms with van der Waals surface area (Å²) >= 11 is 0. The number of nitrogens with zero attached hydrogens (tertiary/aromatic N) is 3. The highest BCUT2D eigenvalue weighted by atomic mass is 19.4. The maximum atomic E-state index is 13.4. The number of hydrogen-bond acceptors (Lipinski definition) is 5. The zero-order chi connectivity index (χ0) is 19.0. The fourth-order valence-corrected chi connectivity index (χ4v) is 2.36. The molecule has 1 aliphatic heterocycles. The monoisotopic (exact) mass is 359 g/mol. The summed E-state index contributed by atoms with van der Waals surface area (Å²) in [6, 6.07) is 4.03. The minimum absolute atomic E-state index is 0.0235. The second-order valence-corrected chi connectivity index (χ2v) is 5.81. The maximum absolute atomic E-state index is 13.4. The molecule has 2 atom stereocenters. The van der Waals surface area contributed by atoms with E-state index in [2.05, 4.69) is 5.10 Å². The predicted molar refractivity (Wildman–Crippen MR) is 81.8 cm³/mol. The fourth-order valence-electron chi connectivity index (χ4n) is 2.36. The molecule has 0 radical (unpaired) electrons. The number of non-ortho nitro benzene ring substituents is 1. The molecule has 0 bridgehead atoms. The Kier molecular flexibility index (Phi) is 4.85. The highest BCUT2D eigenvalue weighted by Gasteiger charge is 2.63. The van der Waals surface area contributed by atoms with Crippen molar-refractivity contribution < 1.29 is 28.0 Å². The Bertz CT molecular complexity index is 718. The second kappa shape index (κ2) is 6.43. The summed E-state index contributed by atoms with van der Waals surface area (Å²) in [7, 11) is 0. The van der Waals surface area contributed by atoms with Crippen LogP contribution in [0.25, 0.3) is 0 Å². The van der Waals surface area contributed by atoms with Crippen LogP contribution in [-0.2, 0) is 0 Å². The number of carbonyl (C=O) groups excluding carboxylic acids is 1. The van der Waals surface area contributed by atoms with Crippen LogP contribution < -0.4 is 0 Å². The zero-order valence-corrected chi connectivity index (χ0v) is 13.4. The molecule has 0 aliphatic carbocycles. The lowest BCUT2D eigenvalue weighted by atomic mass is 9.95. The number of nitro groups is 1. The summed E-state index contributed by atoms with van der Waals surface area (Å²) < 4.78 is 40.1. The molecule has 0 fully saturated rings. The lowest BCUT2D eigenvalue weighted by Crippen LogP contribution is -2.56. The van der Waals surface area contributed by atoms with Crippen molar-refractivity contribution in [2.45, 2.75) is 38.6 Å². The second-order valence-electron chi connectivity index (χ2n) is 5.81. The average molecular weight is 359 g/mol. The molecule has 1 aromatic rings. The van der Waals surface area contributed by atoms with Crippen LogP contribution >= 0.6 is 0 Å². The van der Waals surface area contributed by atoms with Crippen molar-refractivity contribution in [3.63, 3.8) is 0 Å². The van der Waals surface area contributed by atoms with Gasteiger partial charge in [0.25, 0.3) is 17.3 Å². The zero-order valence-electron chi connectivity index (χ0n) is 13.4. The molecule has 1 aromatic carbocycles. The molecule has 2 rings (SSSR count). The molecule has 10 heteroatoms. The molecule has 25 heavy (non-hydrogen) atoms. The quantitative estimate of drug-likeness (QED) is 0.660. The van der Waals surface area contributed by atoms with Crippen molar-refractivity contribution in [2.24, 2.45) is 11.0 Å². The lowest BCUT2D eigenvalue weighted by molar-refractivity contribution is -0.384. The molecule has 1 N–H and O–H groups in total. The summed E-state index contributed by atoms with van der Waals surface area (Å²) in [4.78, 5) is 22.4. The molecule has 0 aromatic heterocycles. The first-order chi connectivity index (χ1) is 11.5. The number of alkyl halides is 3. The van der Waals surface area contributed by atoms with E-state index < -0.39 is 29.2 Å². The van der Waals surface area contributed by atoms with Gasteiger partial charge in [0.1, 0.15) is 0 Å². The van der Waals surface area contributed by atoms with E-state index in [0.29, 0.717) is 6.42 Å². The largest absolute Gasteiger partial charge is 0.438 e. The molecule has 136 valence electrons. The Morgan fingerprint density at radius 2 is 2.00 bits per heavy atom. The predicted octanol–water partition coefficient (Wildman–Crippen LogP) is 3.09. The minimum atomic E-state index is -5.11. The van der Waals surface area contributed by atoms with Crippen LogP contribution in [0.1, 0.15) is 37.0 Å². The number of carbonyl (C=O) groups is 1. The van der Waals surface area contributed by atoms with Crippen molar-refractivity contribution in [3.05, 3.63) is 39.9 Å². The lowest BCUT2D eigenvalue weighted by Gasteiger charge is -2.32. The Labute approximate surface area is 140 Å². The SMILES string of the molecule is CC[C@H](C)C1=NN(C(=O)c2ccc([N+](=O)[O-])cc2)[C@](O)(C(F)(F)F)C1. The van der Waals surface area contributed by atoms with Gasteiger partial charge >= 0.3 is 6.18 Å². The van der Waals surface area contributed by atoms with Crippen LogP contribution in [-0.4, -0.2) is 38.6 Å². The average Bonchev–Trinajstić information content (AvgIpc) is 2.92. The van der Waals surface area contributed by atoms with Crippen molar-refractivity contribution in [1.29, 1.82) is 0 Å². The molecule has 1 heterocycles. The highest BCUT2D eigenvalue weighted by Crippen LogP contribution is 2.42. The molecule has 0 unspecified atom stereocenters. The van der Waals surface area contributed by atoms with Crippen molar-refractivity contribution in [2.75, 3.05) is 0 Å². The standard InChI is InChI=1S/C15H16F3N3O4/c1-3-9(2)12-8-14(23,15(16,17)18)20(19-12)13(22)10-4-6-11(7-5-10)21(24)25/h4-7,9,23H,3,8H2,1-2H3/t9-,14+/m0/s1. The van der Waals surface area contributed by atoms with Gasteiger partial charge in [-0.2, -0.15) is 23.3 Å². The van der Waals surface area contributed by atoms with E-state index in [0.717, 1.165) is 24.3 Å². The topological polar surface area (TPSA) is 96.0 Å². The van der Waals surface area contributed by atoms with Gasteiger partial charge in [0.15, 0.2) is 0 Å². The summed E-state index contributed by atoms with van der Waals surface area (Å²) in [5.41, 5.74) is -3.93. The molecule has 0 saturated heterocycles. The molecule has 1 amide bonds. The van der Waals surface area contributed by atoms with E-state index in [1.807, 2.05) is 0 Å². The third kappa shape index (κ3) is 3.34. The van der Waals surface area contributed by atoms with E-state index in [-0.39, 0.29) is 27.9 Å². The van der Waals surface area contributed by atoms with Gasteiger partial charge in [0.2, 0.25) is 0 Å². The van der Waals surface area contributed by atoms with Crippen molar-refractivity contribution in [3.8, 4) is 0 Å². The summed E-state index contributed by atoms with van der Waals surface area (Å²) in [6.45, 7) is 3.40. The first kappa shape index (κ1) is 18.8. The van der Waals surface area contributed by atoms with Crippen molar-refractivity contribution >= 4 is 17.3 Å². The van der Waals surface area contributed by atoms with Crippen LogP contribution in [0.5, 0.6) is 0 Å². The number of aliphatic hydroxyl groups is 1. The fraction of sp³-hybridized carbons (Fsp3) is 0.467. The molecule has 0 saturated carbocycles. The van der Waals surface area contributed by atoms with Gasteiger partial charge in [0.05, 0.1) is 4.92 Å². The first-order valence-corrected chi connectivity index (χ1v) is 7.46. The maximum Gasteiger partial charge on any atom is 0.438 e. The number of rotatable bonds is 4. The summed E-state index contributed by atoms with van der Waals surface area (Å²) in [5, 5.41) is 24.5. The normalized spacial score (nSPS) is 21.8. The van der Waals surface area contributed by atoms with Crippen LogP contribution in [0.15, 0.2) is 29.4 Å². The van der Waals surface area contributed by atoms with Crippen molar-refractivity contribution in [1.82, 2.24) is 5.01 Å². The molecule has 0 spiro atoms. The van der Waals surface area contributed by atoms with E-state index in [1.165, 1.54) is 0 Å². The van der Waals surface area contributed by atoms with E-state index in [9.17, 15) is 33.2 Å². The number of halogens is 3. The Morgan fingerprint density at radius 1 is 1.44 bits per heavy atom. The number of hydrazone groups is 1. The van der Waals surface area contributed by atoms with E-state index in [1.54, 1.807) is 13.8 Å². The van der Waals surface area contributed by atoms with E-state index in [4.69, 9.17) is 0 Å². The van der Waals surface area contributed by atoms with Gasteiger partial charge in [-0.15, -0.1) is 0 Å². The minimum Gasteiger partial charge on any atom is -0.362 e. The van der Waals surface area contributed by atoms with Gasteiger partial charge in [0, 0.05) is 29.8 Å². The first-order valence-electron chi connectivity index (χ1n) is 7.46. The Morgan fingerprint density at radius 3 is 2.44 bits per heavy atom. The summed E-state index contributed by atoms with van der Waals surface area (Å²) in [5.74, 6) is -1.53. The highest BCUT2D eigenvalue weighted by molar-refractivity contribution is 5.99. The van der Waals surface area contributed by atoms with Gasteiger partial charge in [-0.05, 0) is 24.5 Å². The smallest absolute Gasteiger partial charge is 0.362 e. The number of hydrogen-bond donors (Lipinski definition) is 1. The molecule has 1 aliphatic rings. The Balaban J connectivity index is 2.42. The summed E-state index contributed by atoms with van der Waals surface area (Å²) in [6.07, 6.45) is -5.45. The third-order valence-electron chi connectivity index (χ3n) is 4.16.